The van der Waals surface area contributed by atoms with E-state index in [1.165, 1.54) is 0 Å². The lowest BCUT2D eigenvalue weighted by Crippen LogP contribution is -3.00. The Hall–Kier alpha value is -2.42. The first-order valence-electron chi connectivity index (χ1n) is 7.58. The summed E-state index contributed by atoms with van der Waals surface area (Å²) in [4.78, 5) is 0. The number of rotatable bonds is 6. The van der Waals surface area contributed by atoms with Crippen LogP contribution in [0.1, 0.15) is 6.92 Å². The molecule has 2 heterocycles. The van der Waals surface area contributed by atoms with Gasteiger partial charge in [0.2, 0.25) is 0 Å². The van der Waals surface area contributed by atoms with Crippen molar-refractivity contribution in [1.82, 2.24) is 4.57 Å². The maximum Gasteiger partial charge on any atom is 0.171 e. The lowest BCUT2D eigenvalue weighted by atomic mass is 10.4. The van der Waals surface area contributed by atoms with Crippen molar-refractivity contribution in [3.05, 3.63) is 54.4 Å². The third-order valence-corrected chi connectivity index (χ3v) is 3.08. The second-order valence-electron chi connectivity index (χ2n) is 4.98. The van der Waals surface area contributed by atoms with E-state index in [1.807, 2.05) is 33.9 Å². The molecule has 0 radical (unpaired) electrons. The van der Waals surface area contributed by atoms with Gasteiger partial charge in [-0.2, -0.15) is 0 Å². The lowest BCUT2D eigenvalue weighted by molar-refractivity contribution is -0.698. The van der Waals surface area contributed by atoms with Crippen LogP contribution in [0.2, 0.25) is 0 Å². The summed E-state index contributed by atoms with van der Waals surface area (Å²) in [7, 11) is 0. The van der Waals surface area contributed by atoms with Crippen LogP contribution in [0.5, 0.6) is 0 Å². The predicted octanol–water partition coefficient (Wildman–Crippen LogP) is -2.22. The van der Waals surface area contributed by atoms with E-state index < -0.39 is 0 Å². The molecule has 0 saturated heterocycles. The first kappa shape index (κ1) is 20.6. The zero-order valence-electron chi connectivity index (χ0n) is 13.9. The molecule has 8 nitrogen and oxygen atoms in total. The SMILES string of the molecule is CC(N=Nc1cc[n+](CCO)cc1)=NN=c1ccn(CCO)cc1.[Cl-]. The second kappa shape index (κ2) is 11.2. The van der Waals surface area contributed by atoms with Gasteiger partial charge in [-0.15, -0.1) is 20.4 Å². The number of nitrogens with zero attached hydrogens (tertiary/aromatic N) is 6. The van der Waals surface area contributed by atoms with Gasteiger partial charge in [0.15, 0.2) is 24.8 Å². The van der Waals surface area contributed by atoms with E-state index in [0.29, 0.717) is 30.0 Å². The van der Waals surface area contributed by atoms with Gasteiger partial charge in [-0.1, -0.05) is 0 Å². The molecule has 2 N–H and O–H groups in total. The first-order valence-corrected chi connectivity index (χ1v) is 7.58. The minimum atomic E-state index is 0. The molecule has 134 valence electrons. The normalized spacial score (nSPS) is 11.4. The standard InChI is InChI=1S/C16H21N6O2.ClH/c1-14(17-19-15-2-6-21(7-3-15)10-12-23)18-20-16-4-8-22(9-5-16)11-13-24;/h2-9,23-24H,10-13H2,1H3;1H/q+1;/p-1. The Morgan fingerprint density at radius 1 is 1.08 bits per heavy atom. The number of pyridine rings is 2. The number of halogens is 1. The smallest absolute Gasteiger partial charge is 0.171 e. The molecule has 0 aliphatic rings. The second-order valence-corrected chi connectivity index (χ2v) is 4.98. The van der Waals surface area contributed by atoms with E-state index in [0.717, 1.165) is 0 Å². The van der Waals surface area contributed by atoms with E-state index >= 15 is 0 Å². The zero-order valence-corrected chi connectivity index (χ0v) is 14.7. The van der Waals surface area contributed by atoms with Crippen LogP contribution in [0.3, 0.4) is 0 Å². The van der Waals surface area contributed by atoms with E-state index in [-0.39, 0.29) is 25.6 Å². The number of amidine groups is 1. The highest BCUT2D eigenvalue weighted by Gasteiger charge is 1.98. The monoisotopic (exact) mass is 364 g/mol. The van der Waals surface area contributed by atoms with Crippen molar-refractivity contribution >= 4 is 11.5 Å². The quantitative estimate of drug-likeness (QED) is 0.200. The maximum atomic E-state index is 8.86. The summed E-state index contributed by atoms with van der Waals surface area (Å²) in [5.41, 5.74) is 0.698. The molecule has 0 unspecified atom stereocenters. The number of azo groups is 1. The van der Waals surface area contributed by atoms with Gasteiger partial charge in [-0.3, -0.25) is 0 Å². The van der Waals surface area contributed by atoms with Gasteiger partial charge in [0.05, 0.1) is 17.7 Å². The fraction of sp³-hybridized carbons (Fsp3) is 0.312. The van der Waals surface area contributed by atoms with Gasteiger partial charge in [-0.05, 0) is 19.1 Å². The Morgan fingerprint density at radius 3 is 2.36 bits per heavy atom. The average Bonchev–Trinajstić information content (AvgIpc) is 2.61. The Bertz CT molecular complexity index is 750. The molecule has 0 amide bonds. The molecular weight excluding hydrogens is 344 g/mol. The molecule has 25 heavy (non-hydrogen) atoms. The van der Waals surface area contributed by atoms with Crippen molar-refractivity contribution in [2.45, 2.75) is 20.0 Å². The Kier molecular flexibility index (Phi) is 9.23. The molecule has 0 bridgehead atoms. The number of hydrogen-bond acceptors (Lipinski definition) is 5. The van der Waals surface area contributed by atoms with Crippen LogP contribution in [-0.2, 0) is 13.1 Å². The number of aromatic nitrogens is 2. The van der Waals surface area contributed by atoms with Crippen LogP contribution in [0.15, 0.2) is 69.5 Å². The van der Waals surface area contributed by atoms with Crippen LogP contribution in [-0.4, -0.2) is 33.8 Å². The van der Waals surface area contributed by atoms with Crippen molar-refractivity contribution in [3.8, 4) is 0 Å². The number of hydrogen-bond donors (Lipinski definition) is 2. The molecule has 0 saturated carbocycles. The largest absolute Gasteiger partial charge is 1.00 e. The van der Waals surface area contributed by atoms with Gasteiger partial charge >= 0.3 is 0 Å². The van der Waals surface area contributed by atoms with Gasteiger partial charge in [0.1, 0.15) is 6.61 Å². The van der Waals surface area contributed by atoms with Crippen molar-refractivity contribution in [2.75, 3.05) is 13.2 Å². The molecule has 2 aromatic heterocycles. The van der Waals surface area contributed by atoms with Crippen LogP contribution >= 0.6 is 0 Å². The highest BCUT2D eigenvalue weighted by atomic mass is 35.5. The fourth-order valence-corrected chi connectivity index (χ4v) is 1.84. The van der Waals surface area contributed by atoms with Gasteiger partial charge < -0.3 is 27.2 Å². The minimum absolute atomic E-state index is 0. The number of aliphatic hydroxyl groups is 2. The Balaban J connectivity index is 0.00000312. The summed E-state index contributed by atoms with van der Waals surface area (Å²) in [5.74, 6) is 0.439. The lowest BCUT2D eigenvalue weighted by Gasteiger charge is -2.01. The topological polar surface area (TPSA) is 98.7 Å². The highest BCUT2D eigenvalue weighted by Crippen LogP contribution is 2.08. The first-order chi connectivity index (χ1) is 11.7. The summed E-state index contributed by atoms with van der Waals surface area (Å²) in [6, 6.07) is 7.22. The summed E-state index contributed by atoms with van der Waals surface area (Å²) in [6.45, 7) is 3.01. The summed E-state index contributed by atoms with van der Waals surface area (Å²) in [5, 5.41) is 34.6. The minimum Gasteiger partial charge on any atom is -1.00 e. The molecule has 0 aliphatic carbocycles. The van der Waals surface area contributed by atoms with Crippen molar-refractivity contribution < 1.29 is 27.2 Å². The average molecular weight is 365 g/mol. The predicted molar refractivity (Wildman–Crippen MR) is 88.4 cm³/mol. The zero-order chi connectivity index (χ0) is 17.2. The maximum absolute atomic E-state index is 8.86. The number of aliphatic hydroxyl groups excluding tert-OH is 2. The van der Waals surface area contributed by atoms with Crippen LogP contribution in [0.25, 0.3) is 0 Å². The van der Waals surface area contributed by atoms with Crippen LogP contribution in [0.4, 0.5) is 5.69 Å². The van der Waals surface area contributed by atoms with E-state index in [1.54, 1.807) is 31.2 Å². The third kappa shape index (κ3) is 7.34. The molecule has 0 spiro atoms. The van der Waals surface area contributed by atoms with Crippen molar-refractivity contribution in [2.24, 2.45) is 20.4 Å². The molecule has 2 rings (SSSR count). The molecule has 9 heteroatoms. The summed E-state index contributed by atoms with van der Waals surface area (Å²) < 4.78 is 3.71. The van der Waals surface area contributed by atoms with E-state index in [9.17, 15) is 0 Å². The van der Waals surface area contributed by atoms with Crippen LogP contribution < -0.4 is 22.3 Å². The fourth-order valence-electron chi connectivity index (χ4n) is 1.84. The van der Waals surface area contributed by atoms with Crippen molar-refractivity contribution in [1.29, 1.82) is 0 Å². The molecular formula is C16H21ClN6O2. The van der Waals surface area contributed by atoms with E-state index in [4.69, 9.17) is 10.2 Å². The highest BCUT2D eigenvalue weighted by molar-refractivity contribution is 5.79. The Labute approximate surface area is 151 Å². The molecule has 2 aromatic rings. The van der Waals surface area contributed by atoms with Crippen molar-refractivity contribution in [3.63, 3.8) is 0 Å². The van der Waals surface area contributed by atoms with Gasteiger partial charge in [0, 0.05) is 31.1 Å². The molecule has 0 aliphatic heterocycles. The third-order valence-electron chi connectivity index (χ3n) is 3.08. The summed E-state index contributed by atoms with van der Waals surface area (Å²) in [6.07, 6.45) is 7.31. The molecule has 0 atom stereocenters. The van der Waals surface area contributed by atoms with Gasteiger partial charge in [0.25, 0.3) is 0 Å². The Morgan fingerprint density at radius 2 is 1.76 bits per heavy atom. The van der Waals surface area contributed by atoms with Gasteiger partial charge in [-0.25, -0.2) is 4.57 Å². The molecule has 0 aromatic carbocycles. The van der Waals surface area contributed by atoms with Crippen LogP contribution in [0, 0.1) is 0 Å². The summed E-state index contributed by atoms with van der Waals surface area (Å²) >= 11 is 0. The van der Waals surface area contributed by atoms with E-state index in [2.05, 4.69) is 20.4 Å². The molecule has 0 fully saturated rings.